The van der Waals surface area contributed by atoms with Crippen LogP contribution in [0.15, 0.2) is 217 Å². The van der Waals surface area contributed by atoms with Crippen molar-refractivity contribution in [1.29, 1.82) is 0 Å². The topological polar surface area (TPSA) is 27.8 Å². The van der Waals surface area contributed by atoms with Gasteiger partial charge in [-0.25, -0.2) is 0 Å². The second-order valence-corrected chi connectivity index (χ2v) is 28.9. The second kappa shape index (κ2) is 18.9. The highest BCUT2D eigenvalue weighted by molar-refractivity contribution is 7.26. The molecular weight excluding hydrogens is 1050 g/mol. The molecule has 0 spiro atoms. The van der Waals surface area contributed by atoms with Gasteiger partial charge in [0.25, 0.3) is 6.71 Å². The lowest BCUT2D eigenvalue weighted by Gasteiger charge is -2.42. The first-order valence-electron chi connectivity index (χ1n) is 30.2. The third-order valence-corrected chi connectivity index (χ3v) is 19.4. The lowest BCUT2D eigenvalue weighted by molar-refractivity contribution is 0.590. The fraction of sp³-hybridized carbons (Fsp3) is 0.205. The lowest BCUT2D eigenvalue weighted by atomic mass is 9.33. The Morgan fingerprint density at radius 2 is 0.824 bits per heavy atom. The molecule has 0 bridgehead atoms. The number of hydrogen-bond acceptors (Lipinski definition) is 5. The Labute approximate surface area is 504 Å². The number of furan rings is 1. The molecule has 0 amide bonds. The molecule has 5 heterocycles. The Morgan fingerprint density at radius 3 is 1.39 bits per heavy atom. The molecule has 5 nitrogen and oxygen atoms in total. The summed E-state index contributed by atoms with van der Waals surface area (Å²) in [5.41, 5.74) is 23.0. The van der Waals surface area contributed by atoms with E-state index >= 15 is 0 Å². The fourth-order valence-electron chi connectivity index (χ4n) is 13.7. The molecule has 0 atom stereocenters. The van der Waals surface area contributed by atoms with E-state index in [0.717, 1.165) is 73.1 Å². The first-order valence-corrected chi connectivity index (χ1v) is 31.0. The van der Waals surface area contributed by atoms with Gasteiger partial charge < -0.3 is 23.7 Å². The zero-order chi connectivity index (χ0) is 58.6. The number of fused-ring (bicyclic) bond motifs is 12. The number of benzene rings is 10. The fourth-order valence-corrected chi connectivity index (χ4v) is 14.9. The Kier molecular flexibility index (Phi) is 11.8. The Bertz CT molecular complexity index is 4690. The molecule has 15 rings (SSSR count). The van der Waals surface area contributed by atoms with Crippen molar-refractivity contribution < 1.29 is 4.42 Å². The summed E-state index contributed by atoms with van der Waals surface area (Å²) in [5.74, 6) is 0. The van der Waals surface area contributed by atoms with Crippen molar-refractivity contribution >= 4 is 139 Å². The van der Waals surface area contributed by atoms with E-state index in [1.54, 1.807) is 0 Å². The van der Waals surface area contributed by atoms with Gasteiger partial charge in [-0.3, -0.25) is 0 Å². The van der Waals surface area contributed by atoms with Gasteiger partial charge in [0.05, 0.1) is 22.3 Å². The summed E-state index contributed by atoms with van der Waals surface area (Å²) in [7, 11) is 0. The standard InChI is InChI=1S/C78H71BN4OS/c1-75(2,3)48-27-35-52(36-28-48)80(53-37-29-49(30-38-53)76(4,5)6)56-43-44-61-64(45-56)82(63-23-18-25-68-71(63)58-19-13-15-24-67(58)84-68)65-46-57(81(54-39-31-50(32-40-54)77(7,8)9)55-41-33-51(34-42-55)78(10,11)12)47-66-72(65)79(61)62-22-17-21-60-70-59-20-14-16-26-69(59)85-74(70)83(66)73(60)62/h13-47H,1-12H3. The maximum atomic E-state index is 6.83. The number of hydrogen-bond donors (Lipinski definition) is 0. The third-order valence-electron chi connectivity index (χ3n) is 18.2. The van der Waals surface area contributed by atoms with Crippen LogP contribution < -0.4 is 31.1 Å². The normalized spacial score (nSPS) is 13.4. The van der Waals surface area contributed by atoms with E-state index in [1.807, 2.05) is 11.3 Å². The van der Waals surface area contributed by atoms with Crippen molar-refractivity contribution in [1.82, 2.24) is 4.57 Å². The van der Waals surface area contributed by atoms with Crippen LogP contribution in [0.3, 0.4) is 0 Å². The maximum Gasteiger partial charge on any atom is 0.252 e. The number of anilines is 9. The Hall–Kier alpha value is -8.78. The predicted octanol–water partition coefficient (Wildman–Crippen LogP) is 20.6. The van der Waals surface area contributed by atoms with Gasteiger partial charge >= 0.3 is 0 Å². The Balaban J connectivity index is 1.07. The molecule has 10 aromatic carbocycles. The van der Waals surface area contributed by atoms with E-state index in [9.17, 15) is 0 Å². The van der Waals surface area contributed by atoms with E-state index in [2.05, 4.69) is 315 Å². The van der Waals surface area contributed by atoms with Crippen LogP contribution in [0.5, 0.6) is 0 Å². The predicted molar refractivity (Wildman–Crippen MR) is 367 cm³/mol. The lowest BCUT2D eigenvalue weighted by Crippen LogP contribution is -2.60. The summed E-state index contributed by atoms with van der Waals surface area (Å²) in [5, 5.41) is 6.06. The Morgan fingerprint density at radius 1 is 0.365 bits per heavy atom. The van der Waals surface area contributed by atoms with Gasteiger partial charge in [-0.15, -0.1) is 11.3 Å². The monoisotopic (exact) mass is 1120 g/mol. The van der Waals surface area contributed by atoms with Crippen molar-refractivity contribution in [2.45, 2.75) is 105 Å². The molecule has 3 aromatic heterocycles. The molecule has 0 fully saturated rings. The molecule has 13 aromatic rings. The van der Waals surface area contributed by atoms with Crippen molar-refractivity contribution in [3.63, 3.8) is 0 Å². The second-order valence-electron chi connectivity index (χ2n) is 27.9. The van der Waals surface area contributed by atoms with Gasteiger partial charge in [0.15, 0.2) is 0 Å². The molecular formula is C78H71BN4OS. The van der Waals surface area contributed by atoms with E-state index in [0.29, 0.717) is 0 Å². The SMILES string of the molecule is CC(C)(C)c1ccc(N(c2ccc(C(C)(C)C)cc2)c2ccc3c(c2)N(c2cccc4oc5ccccc5c24)c2cc(N(c4ccc(C(C)(C)C)cc4)c4ccc(C(C)(C)C)cc4)cc4c2B3c2cccc3c5c6ccccc6sc5n-4c23)cc1. The van der Waals surface area contributed by atoms with Crippen molar-refractivity contribution in [2.75, 3.05) is 14.7 Å². The number of rotatable bonds is 7. The van der Waals surface area contributed by atoms with Crippen LogP contribution in [-0.2, 0) is 21.7 Å². The summed E-state index contributed by atoms with van der Waals surface area (Å²) >= 11 is 1.90. The van der Waals surface area contributed by atoms with Crippen LogP contribution in [0, 0.1) is 0 Å². The van der Waals surface area contributed by atoms with Crippen LogP contribution in [0.1, 0.15) is 105 Å². The molecule has 2 aliphatic rings. The number of aromatic nitrogens is 1. The van der Waals surface area contributed by atoms with Gasteiger partial charge in [0.2, 0.25) is 0 Å². The average Bonchev–Trinajstić information content (AvgIpc) is 1.71. The van der Waals surface area contributed by atoms with Crippen molar-refractivity contribution in [2.24, 2.45) is 0 Å². The van der Waals surface area contributed by atoms with Gasteiger partial charge in [0.1, 0.15) is 16.0 Å². The summed E-state index contributed by atoms with van der Waals surface area (Å²) in [4.78, 5) is 8.82. The molecule has 0 saturated heterocycles. The van der Waals surface area contributed by atoms with Crippen LogP contribution in [0.2, 0.25) is 0 Å². The molecule has 0 aliphatic carbocycles. The van der Waals surface area contributed by atoms with Gasteiger partial charge in [-0.05, 0) is 157 Å². The average molecular weight is 1120 g/mol. The highest BCUT2D eigenvalue weighted by Crippen LogP contribution is 2.51. The first kappa shape index (κ1) is 53.0. The number of nitrogens with zero attached hydrogens (tertiary/aromatic N) is 4. The van der Waals surface area contributed by atoms with E-state index in [4.69, 9.17) is 4.42 Å². The first-order chi connectivity index (χ1) is 40.7. The summed E-state index contributed by atoms with van der Waals surface area (Å²) in [6.07, 6.45) is 0. The van der Waals surface area contributed by atoms with Crippen LogP contribution >= 0.6 is 11.3 Å². The van der Waals surface area contributed by atoms with Gasteiger partial charge in [0, 0.05) is 71.7 Å². The largest absolute Gasteiger partial charge is 0.456 e. The molecule has 85 heavy (non-hydrogen) atoms. The number of thiophene rings is 1. The maximum absolute atomic E-state index is 6.83. The van der Waals surface area contributed by atoms with Crippen molar-refractivity contribution in [3.8, 4) is 5.69 Å². The molecule has 418 valence electrons. The van der Waals surface area contributed by atoms with Crippen LogP contribution in [0.25, 0.3) is 58.8 Å². The van der Waals surface area contributed by atoms with Crippen LogP contribution in [-0.4, -0.2) is 11.3 Å². The zero-order valence-corrected chi connectivity index (χ0v) is 51.7. The molecule has 0 unspecified atom stereocenters. The van der Waals surface area contributed by atoms with E-state index in [-0.39, 0.29) is 28.4 Å². The van der Waals surface area contributed by atoms with E-state index in [1.165, 1.54) is 75.5 Å². The van der Waals surface area contributed by atoms with E-state index < -0.39 is 0 Å². The molecule has 0 radical (unpaired) electrons. The van der Waals surface area contributed by atoms with Crippen LogP contribution in [0.4, 0.5) is 51.2 Å². The van der Waals surface area contributed by atoms with Gasteiger partial charge in [-0.1, -0.05) is 198 Å². The molecule has 2 aliphatic heterocycles. The summed E-state index contributed by atoms with van der Waals surface area (Å²) < 4.78 is 10.8. The molecule has 0 N–H and O–H groups in total. The van der Waals surface area contributed by atoms with Gasteiger partial charge in [-0.2, -0.15) is 0 Å². The summed E-state index contributed by atoms with van der Waals surface area (Å²) in [6, 6.07) is 80.6. The molecule has 7 heteroatoms. The smallest absolute Gasteiger partial charge is 0.252 e. The highest BCUT2D eigenvalue weighted by atomic mass is 32.1. The summed E-state index contributed by atoms with van der Waals surface area (Å²) in [6.45, 7) is 27.4. The number of para-hydroxylation sites is 2. The highest BCUT2D eigenvalue weighted by Gasteiger charge is 2.44. The minimum absolute atomic E-state index is 0.000321. The minimum atomic E-state index is -0.109. The van der Waals surface area contributed by atoms with Crippen molar-refractivity contribution in [3.05, 3.63) is 235 Å². The minimum Gasteiger partial charge on any atom is -0.456 e. The quantitative estimate of drug-likeness (QED) is 0.149. The molecule has 0 saturated carbocycles. The third kappa shape index (κ3) is 8.47. The zero-order valence-electron chi connectivity index (χ0n) is 50.9.